The lowest BCUT2D eigenvalue weighted by atomic mass is 9.91. The van der Waals surface area contributed by atoms with Gasteiger partial charge < -0.3 is 10.1 Å². The van der Waals surface area contributed by atoms with Crippen molar-refractivity contribution in [3.63, 3.8) is 0 Å². The van der Waals surface area contributed by atoms with Crippen LogP contribution in [0.1, 0.15) is 33.3 Å². The zero-order valence-corrected chi connectivity index (χ0v) is 15.9. The minimum absolute atomic E-state index is 0.0320. The SMILES string of the molecule is CCOc1ccc2c(c1)C(C)=CC(C)(C)N2.c1ccc2ncccc2c1. The Morgan fingerprint density at radius 3 is 2.58 bits per heavy atom. The standard InChI is InChI=1S/C14H19NO.C9H7N/c1-5-16-11-6-7-13-12(8-11)10(2)9-14(3,4)15-13;1-2-6-9-8(4-1)5-3-7-10-9/h6-9,15H,5H2,1-4H3;1-7H. The van der Waals surface area contributed by atoms with E-state index in [0.717, 1.165) is 11.3 Å². The summed E-state index contributed by atoms with van der Waals surface area (Å²) in [6.45, 7) is 9.22. The van der Waals surface area contributed by atoms with Crippen LogP contribution in [0.25, 0.3) is 16.5 Å². The van der Waals surface area contributed by atoms with Crippen LogP contribution in [0.4, 0.5) is 5.69 Å². The van der Waals surface area contributed by atoms with Crippen LogP contribution in [0.5, 0.6) is 5.75 Å². The van der Waals surface area contributed by atoms with E-state index in [-0.39, 0.29) is 5.54 Å². The molecule has 1 aliphatic heterocycles. The van der Waals surface area contributed by atoms with Crippen LogP contribution >= 0.6 is 0 Å². The maximum atomic E-state index is 5.52. The highest BCUT2D eigenvalue weighted by Gasteiger charge is 2.22. The number of anilines is 1. The average Bonchev–Trinajstić information content (AvgIpc) is 2.62. The number of benzene rings is 2. The van der Waals surface area contributed by atoms with Gasteiger partial charge in [-0.25, -0.2) is 0 Å². The molecule has 3 aromatic rings. The second kappa shape index (κ2) is 7.61. The van der Waals surface area contributed by atoms with Gasteiger partial charge in [0.05, 0.1) is 17.7 Å². The van der Waals surface area contributed by atoms with Gasteiger partial charge in [-0.05, 0) is 63.6 Å². The molecule has 0 fully saturated rings. The van der Waals surface area contributed by atoms with Crippen LogP contribution in [0, 0.1) is 0 Å². The topological polar surface area (TPSA) is 34.1 Å². The van der Waals surface area contributed by atoms with Crippen molar-refractivity contribution >= 4 is 22.2 Å². The van der Waals surface area contributed by atoms with Gasteiger partial charge in [-0.2, -0.15) is 0 Å². The van der Waals surface area contributed by atoms with Crippen LogP contribution in [0.3, 0.4) is 0 Å². The summed E-state index contributed by atoms with van der Waals surface area (Å²) in [5, 5.41) is 4.70. The number of nitrogens with one attached hydrogen (secondary N) is 1. The Labute approximate surface area is 155 Å². The van der Waals surface area contributed by atoms with Crippen LogP contribution in [-0.2, 0) is 0 Å². The summed E-state index contributed by atoms with van der Waals surface area (Å²) >= 11 is 0. The molecule has 1 aromatic heterocycles. The van der Waals surface area contributed by atoms with Gasteiger partial charge in [-0.15, -0.1) is 0 Å². The maximum absolute atomic E-state index is 5.52. The van der Waals surface area contributed by atoms with Gasteiger partial charge in [-0.1, -0.05) is 30.3 Å². The van der Waals surface area contributed by atoms with Crippen molar-refractivity contribution in [2.24, 2.45) is 0 Å². The predicted molar refractivity (Wildman–Crippen MR) is 111 cm³/mol. The molecule has 0 atom stereocenters. The fraction of sp³-hybridized carbons (Fsp3) is 0.261. The molecule has 4 rings (SSSR count). The molecule has 0 amide bonds. The Kier molecular flexibility index (Phi) is 5.27. The quantitative estimate of drug-likeness (QED) is 0.624. The molecule has 26 heavy (non-hydrogen) atoms. The first-order valence-corrected chi connectivity index (χ1v) is 9.03. The summed E-state index contributed by atoms with van der Waals surface area (Å²) in [7, 11) is 0. The van der Waals surface area contributed by atoms with Crippen LogP contribution in [0.2, 0.25) is 0 Å². The summed E-state index contributed by atoms with van der Waals surface area (Å²) in [5.74, 6) is 0.940. The van der Waals surface area contributed by atoms with Crippen molar-refractivity contribution < 1.29 is 4.74 Å². The fourth-order valence-electron chi connectivity index (χ4n) is 3.23. The lowest BCUT2D eigenvalue weighted by Gasteiger charge is -2.31. The molecule has 1 N–H and O–H groups in total. The molecule has 0 aliphatic carbocycles. The molecule has 0 radical (unpaired) electrons. The first kappa shape index (κ1) is 18.0. The zero-order valence-electron chi connectivity index (χ0n) is 15.9. The highest BCUT2D eigenvalue weighted by atomic mass is 16.5. The lowest BCUT2D eigenvalue weighted by molar-refractivity contribution is 0.340. The number of rotatable bonds is 2. The van der Waals surface area contributed by atoms with Crippen LogP contribution in [0.15, 0.2) is 66.9 Å². The monoisotopic (exact) mass is 346 g/mol. The van der Waals surface area contributed by atoms with Crippen LogP contribution in [-0.4, -0.2) is 17.1 Å². The molecule has 2 heterocycles. The van der Waals surface area contributed by atoms with E-state index in [4.69, 9.17) is 4.74 Å². The highest BCUT2D eigenvalue weighted by Crippen LogP contribution is 2.35. The van der Waals surface area contributed by atoms with Crippen molar-refractivity contribution in [1.29, 1.82) is 0 Å². The van der Waals surface area contributed by atoms with Crippen molar-refractivity contribution in [3.05, 3.63) is 72.4 Å². The molecule has 2 aromatic carbocycles. The molecule has 0 unspecified atom stereocenters. The van der Waals surface area contributed by atoms with E-state index >= 15 is 0 Å². The summed E-state index contributed by atoms with van der Waals surface area (Å²) in [5.41, 5.74) is 4.83. The first-order chi connectivity index (χ1) is 12.5. The Morgan fingerprint density at radius 1 is 1.04 bits per heavy atom. The fourth-order valence-corrected chi connectivity index (χ4v) is 3.23. The van der Waals surface area contributed by atoms with Crippen molar-refractivity contribution in [3.8, 4) is 5.75 Å². The van der Waals surface area contributed by atoms with E-state index in [1.54, 1.807) is 0 Å². The van der Waals surface area contributed by atoms with Gasteiger partial charge in [0.1, 0.15) is 5.75 Å². The van der Waals surface area contributed by atoms with Gasteiger partial charge in [0, 0.05) is 22.8 Å². The number of para-hydroxylation sites is 1. The number of aromatic nitrogens is 1. The van der Waals surface area contributed by atoms with Gasteiger partial charge >= 0.3 is 0 Å². The Hall–Kier alpha value is -2.81. The molecule has 3 nitrogen and oxygen atoms in total. The summed E-state index contributed by atoms with van der Waals surface area (Å²) < 4.78 is 5.52. The van der Waals surface area contributed by atoms with Crippen LogP contribution < -0.4 is 10.1 Å². The number of hydrogen-bond donors (Lipinski definition) is 1. The van der Waals surface area contributed by atoms with E-state index in [2.05, 4.69) is 61.4 Å². The molecule has 134 valence electrons. The molecular weight excluding hydrogens is 320 g/mol. The Morgan fingerprint density at radius 2 is 1.81 bits per heavy atom. The average molecular weight is 346 g/mol. The molecule has 1 aliphatic rings. The van der Waals surface area contributed by atoms with Gasteiger partial charge in [0.25, 0.3) is 0 Å². The molecule has 0 saturated heterocycles. The van der Waals surface area contributed by atoms with E-state index in [0.29, 0.717) is 6.61 Å². The number of hydrogen-bond acceptors (Lipinski definition) is 3. The predicted octanol–water partition coefficient (Wildman–Crippen LogP) is 5.93. The van der Waals surface area contributed by atoms with E-state index in [9.17, 15) is 0 Å². The second-order valence-corrected chi connectivity index (χ2v) is 7.01. The van der Waals surface area contributed by atoms with Gasteiger partial charge in [0.15, 0.2) is 0 Å². The molecule has 0 bridgehead atoms. The number of pyridine rings is 1. The second-order valence-electron chi connectivity index (χ2n) is 7.01. The molecule has 0 saturated carbocycles. The van der Waals surface area contributed by atoms with Crippen molar-refractivity contribution in [2.75, 3.05) is 11.9 Å². The number of allylic oxidation sites excluding steroid dienone is 1. The normalized spacial score (nSPS) is 14.4. The largest absolute Gasteiger partial charge is 0.494 e. The van der Waals surface area contributed by atoms with Gasteiger partial charge in [-0.3, -0.25) is 4.98 Å². The van der Waals surface area contributed by atoms with Gasteiger partial charge in [0.2, 0.25) is 0 Å². The minimum Gasteiger partial charge on any atom is -0.494 e. The highest BCUT2D eigenvalue weighted by molar-refractivity contribution is 5.81. The first-order valence-electron chi connectivity index (χ1n) is 9.03. The van der Waals surface area contributed by atoms with E-state index < -0.39 is 0 Å². The van der Waals surface area contributed by atoms with Crippen molar-refractivity contribution in [1.82, 2.24) is 4.98 Å². The smallest absolute Gasteiger partial charge is 0.120 e. The summed E-state index contributed by atoms with van der Waals surface area (Å²) in [6, 6.07) is 18.3. The zero-order chi connectivity index (χ0) is 18.6. The Bertz CT molecular complexity index is 863. The number of fused-ring (bicyclic) bond motifs is 2. The Balaban J connectivity index is 0.000000167. The van der Waals surface area contributed by atoms with E-state index in [1.807, 2.05) is 43.5 Å². The molecular formula is C23H26N2O. The summed E-state index contributed by atoms with van der Waals surface area (Å²) in [4.78, 5) is 4.18. The number of ether oxygens (including phenoxy) is 1. The summed E-state index contributed by atoms with van der Waals surface area (Å²) in [6.07, 6.45) is 4.06. The minimum atomic E-state index is 0.0320. The molecule has 3 heteroatoms. The van der Waals surface area contributed by atoms with E-state index in [1.165, 1.54) is 22.2 Å². The van der Waals surface area contributed by atoms with Crippen molar-refractivity contribution in [2.45, 2.75) is 33.2 Å². The third kappa shape index (κ3) is 4.23. The third-order valence-corrected chi connectivity index (χ3v) is 4.27. The third-order valence-electron chi connectivity index (χ3n) is 4.27. The lowest BCUT2D eigenvalue weighted by Crippen LogP contribution is -2.31. The maximum Gasteiger partial charge on any atom is 0.120 e. The molecule has 0 spiro atoms. The number of nitrogens with zero attached hydrogens (tertiary/aromatic N) is 1.